The van der Waals surface area contributed by atoms with Gasteiger partial charge >= 0.3 is 0 Å². The van der Waals surface area contributed by atoms with Gasteiger partial charge in [0, 0.05) is 11.4 Å². The molecule has 1 aliphatic rings. The van der Waals surface area contributed by atoms with Crippen molar-refractivity contribution in [1.29, 1.82) is 0 Å². The molecule has 0 fully saturated rings. The van der Waals surface area contributed by atoms with Gasteiger partial charge in [0.15, 0.2) is 11.5 Å². The zero-order chi connectivity index (χ0) is 21.8. The lowest BCUT2D eigenvalue weighted by Crippen LogP contribution is -2.42. The summed E-state index contributed by atoms with van der Waals surface area (Å²) >= 11 is 7.47. The van der Waals surface area contributed by atoms with Gasteiger partial charge in [-0.15, -0.1) is 11.3 Å². The lowest BCUT2D eigenvalue weighted by Gasteiger charge is -2.37. The van der Waals surface area contributed by atoms with Crippen LogP contribution in [0.2, 0.25) is 4.34 Å². The molecular weight excluding hydrogens is 432 g/mol. The van der Waals surface area contributed by atoms with E-state index in [0.29, 0.717) is 18.8 Å². The Kier molecular flexibility index (Phi) is 6.80. The summed E-state index contributed by atoms with van der Waals surface area (Å²) in [6, 6.07) is 18.1. The number of nitrogens with one attached hydrogen (secondary N) is 1. The first-order valence-electron chi connectivity index (χ1n) is 10.1. The summed E-state index contributed by atoms with van der Waals surface area (Å²) in [5.74, 6) is 1.42. The summed E-state index contributed by atoms with van der Waals surface area (Å²) < 4.78 is 11.8. The van der Waals surface area contributed by atoms with E-state index in [1.54, 1.807) is 14.2 Å². The summed E-state index contributed by atoms with van der Waals surface area (Å²) in [7, 11) is 3.30. The third-order valence-corrected chi connectivity index (χ3v) is 6.76. The number of fused-ring (bicyclic) bond motifs is 1. The topological polar surface area (TPSA) is 50.8 Å². The molecule has 2 heterocycles. The van der Waals surface area contributed by atoms with E-state index in [2.05, 4.69) is 28.4 Å². The molecule has 162 valence electrons. The van der Waals surface area contributed by atoms with Crippen LogP contribution in [0.1, 0.15) is 27.6 Å². The second-order valence-electron chi connectivity index (χ2n) is 7.42. The number of hydrogen-bond donors (Lipinski definition) is 1. The minimum absolute atomic E-state index is 0.00520. The van der Waals surface area contributed by atoms with Crippen LogP contribution < -0.4 is 14.8 Å². The van der Waals surface area contributed by atoms with Crippen molar-refractivity contribution >= 4 is 28.8 Å². The number of carbonyl (C=O) groups excluding carboxylic acids is 1. The molecule has 1 aliphatic heterocycles. The van der Waals surface area contributed by atoms with Crippen LogP contribution in [0.5, 0.6) is 11.5 Å². The first-order chi connectivity index (χ1) is 15.1. The summed E-state index contributed by atoms with van der Waals surface area (Å²) in [5, 5.41) is 3.02. The third kappa shape index (κ3) is 4.87. The van der Waals surface area contributed by atoms with Crippen molar-refractivity contribution in [2.45, 2.75) is 19.0 Å². The molecule has 0 radical (unpaired) electrons. The molecule has 7 heteroatoms. The van der Waals surface area contributed by atoms with Crippen LogP contribution in [0.4, 0.5) is 0 Å². The molecule has 0 saturated heterocycles. The van der Waals surface area contributed by atoms with E-state index in [1.165, 1.54) is 16.9 Å². The average Bonchev–Trinajstić information content (AvgIpc) is 3.22. The summed E-state index contributed by atoms with van der Waals surface area (Å²) in [5.41, 5.74) is 3.51. The van der Waals surface area contributed by atoms with Crippen molar-refractivity contribution in [3.8, 4) is 11.5 Å². The Morgan fingerprint density at radius 2 is 1.87 bits per heavy atom. The maximum absolute atomic E-state index is 12.8. The van der Waals surface area contributed by atoms with Crippen LogP contribution in [-0.4, -0.2) is 38.1 Å². The van der Waals surface area contributed by atoms with Crippen LogP contribution in [0, 0.1) is 0 Å². The van der Waals surface area contributed by atoms with Crippen LogP contribution in [-0.2, 0) is 17.8 Å². The Morgan fingerprint density at radius 3 is 2.55 bits per heavy atom. The van der Waals surface area contributed by atoms with Crippen LogP contribution >= 0.6 is 22.9 Å². The molecule has 0 saturated carbocycles. The number of halogens is 1. The smallest absolute Gasteiger partial charge is 0.234 e. The largest absolute Gasteiger partial charge is 0.493 e. The fourth-order valence-corrected chi connectivity index (χ4v) is 5.09. The van der Waals surface area contributed by atoms with Crippen LogP contribution in [0.3, 0.4) is 0 Å². The number of ether oxygens (including phenoxy) is 2. The van der Waals surface area contributed by atoms with Crippen molar-refractivity contribution in [1.82, 2.24) is 10.2 Å². The number of thiophene rings is 1. The van der Waals surface area contributed by atoms with E-state index in [-0.39, 0.29) is 11.9 Å². The predicted molar refractivity (Wildman–Crippen MR) is 124 cm³/mol. The summed E-state index contributed by atoms with van der Waals surface area (Å²) in [6.07, 6.45) is 0.840. The van der Waals surface area contributed by atoms with E-state index in [0.717, 1.165) is 39.1 Å². The Balaban J connectivity index is 1.59. The molecule has 5 nitrogen and oxygen atoms in total. The zero-order valence-corrected chi connectivity index (χ0v) is 19.1. The second kappa shape index (κ2) is 9.73. The van der Waals surface area contributed by atoms with E-state index in [1.807, 2.05) is 36.4 Å². The third-order valence-electron chi connectivity index (χ3n) is 5.52. The standard InChI is InChI=1S/C24H25ClN2O3S/c1-29-20-12-17-10-11-27(15-23(28)26-14-18-8-9-22(25)31-18)24(16-6-4-3-5-7-16)19(17)13-21(20)30-2/h3-9,12-13,24H,10-11,14-15H2,1-2H3,(H,26,28). The fourth-order valence-electron chi connectivity index (χ4n) is 4.07. The molecule has 3 aromatic rings. The molecule has 1 unspecified atom stereocenters. The summed E-state index contributed by atoms with van der Waals surface area (Å²) in [4.78, 5) is 16.0. The van der Waals surface area contributed by atoms with Gasteiger partial charge in [-0.05, 0) is 47.4 Å². The van der Waals surface area contributed by atoms with Gasteiger partial charge in [-0.3, -0.25) is 9.69 Å². The first kappa shape index (κ1) is 21.7. The number of benzene rings is 2. The summed E-state index contributed by atoms with van der Waals surface area (Å²) in [6.45, 7) is 1.58. The van der Waals surface area contributed by atoms with Crippen molar-refractivity contribution in [2.24, 2.45) is 0 Å². The van der Waals surface area contributed by atoms with Gasteiger partial charge < -0.3 is 14.8 Å². The van der Waals surface area contributed by atoms with E-state index >= 15 is 0 Å². The van der Waals surface area contributed by atoms with Crippen molar-refractivity contribution in [2.75, 3.05) is 27.3 Å². The number of hydrogen-bond acceptors (Lipinski definition) is 5. The molecule has 1 amide bonds. The van der Waals surface area contributed by atoms with E-state index in [4.69, 9.17) is 21.1 Å². The van der Waals surface area contributed by atoms with Gasteiger partial charge in [-0.2, -0.15) is 0 Å². The van der Waals surface area contributed by atoms with E-state index in [9.17, 15) is 4.79 Å². The molecule has 0 aliphatic carbocycles. The van der Waals surface area contributed by atoms with Gasteiger partial charge in [0.05, 0.1) is 37.7 Å². The lowest BCUT2D eigenvalue weighted by atomic mass is 9.87. The molecule has 1 N–H and O–H groups in total. The Bertz CT molecular complexity index is 1050. The molecule has 31 heavy (non-hydrogen) atoms. The number of carbonyl (C=O) groups is 1. The van der Waals surface area contributed by atoms with Crippen molar-refractivity contribution in [3.63, 3.8) is 0 Å². The lowest BCUT2D eigenvalue weighted by molar-refractivity contribution is -0.122. The maximum atomic E-state index is 12.8. The molecule has 0 spiro atoms. The number of methoxy groups -OCH3 is 2. The predicted octanol–water partition coefficient (Wildman–Crippen LogP) is 4.68. The normalized spacial score (nSPS) is 15.9. The highest BCUT2D eigenvalue weighted by Crippen LogP contribution is 2.40. The first-order valence-corrected chi connectivity index (χ1v) is 11.3. The Hall–Kier alpha value is -2.54. The number of amides is 1. The fraction of sp³-hybridized carbons (Fsp3) is 0.292. The van der Waals surface area contributed by atoms with Crippen molar-refractivity contribution in [3.05, 3.63) is 80.5 Å². The Labute approximate surface area is 191 Å². The molecule has 1 aromatic heterocycles. The molecule has 4 rings (SSSR count). The van der Waals surface area contributed by atoms with Gasteiger partial charge in [-0.1, -0.05) is 41.9 Å². The highest BCUT2D eigenvalue weighted by Gasteiger charge is 2.31. The molecule has 0 bridgehead atoms. The maximum Gasteiger partial charge on any atom is 0.234 e. The van der Waals surface area contributed by atoms with Gasteiger partial charge in [0.25, 0.3) is 0 Å². The monoisotopic (exact) mass is 456 g/mol. The number of nitrogens with zero attached hydrogens (tertiary/aromatic N) is 1. The molecular formula is C24H25ClN2O3S. The molecule has 1 atom stereocenters. The Morgan fingerprint density at radius 1 is 1.13 bits per heavy atom. The highest BCUT2D eigenvalue weighted by atomic mass is 35.5. The van der Waals surface area contributed by atoms with Crippen molar-refractivity contribution < 1.29 is 14.3 Å². The average molecular weight is 457 g/mol. The van der Waals surface area contributed by atoms with Crippen LogP contribution in [0.25, 0.3) is 0 Å². The molecule has 2 aromatic carbocycles. The van der Waals surface area contributed by atoms with Gasteiger partial charge in [-0.25, -0.2) is 0 Å². The second-order valence-corrected chi connectivity index (χ2v) is 9.22. The minimum atomic E-state index is -0.0355. The SMILES string of the molecule is COc1cc2c(cc1OC)C(c1ccccc1)N(CC(=O)NCc1ccc(Cl)s1)CC2. The highest BCUT2D eigenvalue weighted by molar-refractivity contribution is 7.16. The minimum Gasteiger partial charge on any atom is -0.493 e. The van der Waals surface area contributed by atoms with Crippen LogP contribution in [0.15, 0.2) is 54.6 Å². The number of rotatable bonds is 7. The van der Waals surface area contributed by atoms with Gasteiger partial charge in [0.2, 0.25) is 5.91 Å². The quantitative estimate of drug-likeness (QED) is 0.560. The van der Waals surface area contributed by atoms with Gasteiger partial charge in [0.1, 0.15) is 0 Å². The zero-order valence-electron chi connectivity index (χ0n) is 17.6. The van der Waals surface area contributed by atoms with E-state index < -0.39 is 0 Å².